The van der Waals surface area contributed by atoms with Crippen molar-refractivity contribution in [3.63, 3.8) is 0 Å². The molecule has 2 aliphatic rings. The lowest BCUT2D eigenvalue weighted by Crippen LogP contribution is -2.21. The highest BCUT2D eigenvalue weighted by molar-refractivity contribution is 5.47. The largest absolute Gasteiger partial charge is 0.381 e. The third-order valence-corrected chi connectivity index (χ3v) is 4.75. The summed E-state index contributed by atoms with van der Waals surface area (Å²) in [6.07, 6.45) is 8.02. The Morgan fingerprint density at radius 2 is 2.00 bits per heavy atom. The highest BCUT2D eigenvalue weighted by Crippen LogP contribution is 2.25. The third-order valence-electron chi connectivity index (χ3n) is 4.75. The predicted molar refractivity (Wildman–Crippen MR) is 90.9 cm³/mol. The lowest BCUT2D eigenvalue weighted by Gasteiger charge is -2.22. The van der Waals surface area contributed by atoms with E-state index in [0.29, 0.717) is 5.92 Å². The van der Waals surface area contributed by atoms with E-state index in [4.69, 9.17) is 9.47 Å². The predicted octanol–water partition coefficient (Wildman–Crippen LogP) is 2.91. The number of aryl methyl sites for hydroxylation is 2. The molecule has 128 valence electrons. The molecular weight excluding hydrogens is 290 g/mol. The van der Waals surface area contributed by atoms with Crippen LogP contribution in [-0.4, -0.2) is 42.9 Å². The van der Waals surface area contributed by atoms with Gasteiger partial charge in [-0.05, 0) is 57.8 Å². The van der Waals surface area contributed by atoms with E-state index in [2.05, 4.69) is 15.3 Å². The molecule has 3 rings (SSSR count). The lowest BCUT2D eigenvalue weighted by molar-refractivity contribution is 0.0206. The molecule has 1 aromatic rings. The Kier molecular flexibility index (Phi) is 6.22. The first kappa shape index (κ1) is 16.7. The van der Waals surface area contributed by atoms with Crippen LogP contribution in [0.3, 0.4) is 0 Å². The van der Waals surface area contributed by atoms with E-state index in [1.165, 1.54) is 24.1 Å². The monoisotopic (exact) mass is 319 g/mol. The van der Waals surface area contributed by atoms with Crippen molar-refractivity contribution >= 4 is 5.82 Å². The minimum Gasteiger partial charge on any atom is -0.381 e. The molecule has 0 unspecified atom stereocenters. The van der Waals surface area contributed by atoms with Gasteiger partial charge < -0.3 is 14.8 Å². The van der Waals surface area contributed by atoms with Gasteiger partial charge in [-0.2, -0.15) is 0 Å². The van der Waals surface area contributed by atoms with E-state index < -0.39 is 0 Å². The van der Waals surface area contributed by atoms with E-state index in [1.807, 2.05) is 6.92 Å². The molecule has 2 heterocycles. The Morgan fingerprint density at radius 1 is 1.17 bits per heavy atom. The van der Waals surface area contributed by atoms with Gasteiger partial charge in [-0.15, -0.1) is 0 Å². The van der Waals surface area contributed by atoms with Crippen LogP contribution in [0.15, 0.2) is 0 Å². The molecule has 23 heavy (non-hydrogen) atoms. The highest BCUT2D eigenvalue weighted by Gasteiger charge is 2.16. The minimum atomic E-state index is 0.688. The Hall–Kier alpha value is -1.20. The molecule has 0 aromatic carbocycles. The number of nitrogens with zero attached hydrogens (tertiary/aromatic N) is 2. The second-order valence-corrected chi connectivity index (χ2v) is 6.66. The Morgan fingerprint density at radius 3 is 2.87 bits per heavy atom. The summed E-state index contributed by atoms with van der Waals surface area (Å²) in [6.45, 7) is 6.39. The number of fused-ring (bicyclic) bond motifs is 1. The maximum atomic E-state index is 5.82. The molecule has 0 atom stereocenters. The molecule has 0 amide bonds. The number of hydrogen-bond acceptors (Lipinski definition) is 5. The van der Waals surface area contributed by atoms with Crippen molar-refractivity contribution in [3.8, 4) is 0 Å². The minimum absolute atomic E-state index is 0.688. The van der Waals surface area contributed by atoms with Gasteiger partial charge in [-0.25, -0.2) is 9.97 Å². The molecule has 1 N–H and O–H groups in total. The van der Waals surface area contributed by atoms with Gasteiger partial charge >= 0.3 is 0 Å². The fraction of sp³-hybridized carbons (Fsp3) is 0.778. The van der Waals surface area contributed by atoms with Gasteiger partial charge in [-0.1, -0.05) is 0 Å². The molecular formula is C18H29N3O2. The van der Waals surface area contributed by atoms with Crippen LogP contribution >= 0.6 is 0 Å². The zero-order valence-corrected chi connectivity index (χ0v) is 14.3. The summed E-state index contributed by atoms with van der Waals surface area (Å²) in [5.41, 5.74) is 2.59. The zero-order chi connectivity index (χ0) is 15.9. The number of hydrogen-bond donors (Lipinski definition) is 1. The fourth-order valence-corrected chi connectivity index (χ4v) is 3.41. The summed E-state index contributed by atoms with van der Waals surface area (Å²) in [5.74, 6) is 2.62. The molecule has 0 spiro atoms. The van der Waals surface area contributed by atoms with Crippen LogP contribution in [0.5, 0.6) is 0 Å². The molecule has 1 aromatic heterocycles. The molecule has 0 radical (unpaired) electrons. The first-order chi connectivity index (χ1) is 11.3. The van der Waals surface area contributed by atoms with Gasteiger partial charge in [0, 0.05) is 44.2 Å². The van der Waals surface area contributed by atoms with Gasteiger partial charge in [0.1, 0.15) is 11.6 Å². The number of rotatable bonds is 7. The lowest BCUT2D eigenvalue weighted by atomic mass is 9.96. The van der Waals surface area contributed by atoms with Crippen molar-refractivity contribution in [2.75, 3.05) is 38.3 Å². The smallest absolute Gasteiger partial charge is 0.133 e. The van der Waals surface area contributed by atoms with E-state index >= 15 is 0 Å². The topological polar surface area (TPSA) is 56.3 Å². The van der Waals surface area contributed by atoms with Gasteiger partial charge in [0.05, 0.1) is 0 Å². The normalized spacial score (nSPS) is 18.7. The number of nitrogens with one attached hydrogen (secondary N) is 1. The average molecular weight is 319 g/mol. The quantitative estimate of drug-likeness (QED) is 0.783. The number of aromatic nitrogens is 2. The third kappa shape index (κ3) is 4.88. The SMILES string of the molecule is Cc1nc2c(c(NCCCOCC3CCOCC3)n1)CCCC2. The van der Waals surface area contributed by atoms with E-state index in [9.17, 15) is 0 Å². The van der Waals surface area contributed by atoms with Crippen molar-refractivity contribution < 1.29 is 9.47 Å². The number of ether oxygens (including phenoxy) is 2. The molecule has 1 fully saturated rings. The molecule has 1 aliphatic carbocycles. The van der Waals surface area contributed by atoms with E-state index in [-0.39, 0.29) is 0 Å². The average Bonchev–Trinajstić information content (AvgIpc) is 2.58. The van der Waals surface area contributed by atoms with Crippen molar-refractivity contribution in [3.05, 3.63) is 17.1 Å². The standard InChI is InChI=1S/C18H29N3O2/c1-14-20-17-6-3-2-5-16(17)18(21-14)19-9-4-10-23-13-15-7-11-22-12-8-15/h15H,2-13H2,1H3,(H,19,20,21). The molecule has 1 saturated heterocycles. The van der Waals surface area contributed by atoms with Gasteiger partial charge in [-0.3, -0.25) is 0 Å². The summed E-state index contributed by atoms with van der Waals surface area (Å²) in [6, 6.07) is 0. The molecule has 5 heteroatoms. The zero-order valence-electron chi connectivity index (χ0n) is 14.3. The maximum absolute atomic E-state index is 5.82. The van der Waals surface area contributed by atoms with Crippen LogP contribution in [0.2, 0.25) is 0 Å². The van der Waals surface area contributed by atoms with Gasteiger partial charge in [0.25, 0.3) is 0 Å². The van der Waals surface area contributed by atoms with E-state index in [1.54, 1.807) is 0 Å². The maximum Gasteiger partial charge on any atom is 0.133 e. The summed E-state index contributed by atoms with van der Waals surface area (Å²) in [5, 5.41) is 3.50. The van der Waals surface area contributed by atoms with Crippen LogP contribution in [0, 0.1) is 12.8 Å². The molecule has 1 aliphatic heterocycles. The highest BCUT2D eigenvalue weighted by atomic mass is 16.5. The summed E-state index contributed by atoms with van der Waals surface area (Å²) in [7, 11) is 0. The van der Waals surface area contributed by atoms with Crippen LogP contribution in [0.4, 0.5) is 5.82 Å². The van der Waals surface area contributed by atoms with Crippen LogP contribution in [0.1, 0.15) is 49.2 Å². The van der Waals surface area contributed by atoms with Crippen LogP contribution < -0.4 is 5.32 Å². The Labute approximate surface area is 139 Å². The van der Waals surface area contributed by atoms with E-state index in [0.717, 1.165) is 76.7 Å². The van der Waals surface area contributed by atoms with Gasteiger partial charge in [0.15, 0.2) is 0 Å². The van der Waals surface area contributed by atoms with Gasteiger partial charge in [0.2, 0.25) is 0 Å². The molecule has 0 bridgehead atoms. The fourth-order valence-electron chi connectivity index (χ4n) is 3.41. The Balaban J connectivity index is 1.38. The Bertz CT molecular complexity index is 501. The summed E-state index contributed by atoms with van der Waals surface area (Å²) >= 11 is 0. The van der Waals surface area contributed by atoms with Crippen molar-refractivity contribution in [1.29, 1.82) is 0 Å². The number of anilines is 1. The van der Waals surface area contributed by atoms with Crippen molar-refractivity contribution in [1.82, 2.24) is 9.97 Å². The second kappa shape index (κ2) is 8.60. The second-order valence-electron chi connectivity index (χ2n) is 6.66. The first-order valence-electron chi connectivity index (χ1n) is 9.08. The van der Waals surface area contributed by atoms with Crippen LogP contribution in [0.25, 0.3) is 0 Å². The van der Waals surface area contributed by atoms with Crippen molar-refractivity contribution in [2.24, 2.45) is 5.92 Å². The molecule has 0 saturated carbocycles. The first-order valence-corrected chi connectivity index (χ1v) is 9.08. The van der Waals surface area contributed by atoms with Crippen LogP contribution in [-0.2, 0) is 22.3 Å². The van der Waals surface area contributed by atoms with Crippen molar-refractivity contribution in [2.45, 2.75) is 51.9 Å². The summed E-state index contributed by atoms with van der Waals surface area (Å²) < 4.78 is 11.2. The summed E-state index contributed by atoms with van der Waals surface area (Å²) in [4.78, 5) is 9.20. The molecule has 5 nitrogen and oxygen atoms in total.